The maximum Gasteiger partial charge on any atom is 0.283 e. The van der Waals surface area contributed by atoms with Gasteiger partial charge in [0.25, 0.3) is 9.04 Å². The summed E-state index contributed by atoms with van der Waals surface area (Å²) in [5.41, 5.74) is 4.74. The second-order valence-corrected chi connectivity index (χ2v) is 9.68. The van der Waals surface area contributed by atoms with Gasteiger partial charge in [-0.05, 0) is 41.9 Å². The van der Waals surface area contributed by atoms with Gasteiger partial charge in [-0.2, -0.15) is 5.26 Å². The highest BCUT2D eigenvalue weighted by atomic mass is 28.3. The van der Waals surface area contributed by atoms with Crippen molar-refractivity contribution < 1.29 is 9.90 Å². The molecule has 1 aliphatic heterocycles. The summed E-state index contributed by atoms with van der Waals surface area (Å²) in [4.78, 5) is 16.2. The molecule has 2 aromatic carbocycles. The number of nitrogens with one attached hydrogen (secondary N) is 1. The Morgan fingerprint density at radius 2 is 1.82 bits per heavy atom. The van der Waals surface area contributed by atoms with Crippen molar-refractivity contribution in [2.75, 3.05) is 31.6 Å². The molecular weight excluding hydrogens is 430 g/mol. The van der Waals surface area contributed by atoms with Crippen LogP contribution in [0.25, 0.3) is 11.1 Å². The lowest BCUT2D eigenvalue weighted by molar-refractivity contribution is 0.184. The first kappa shape index (κ1) is 22.8. The molecule has 1 atom stereocenters. The number of aromatic nitrogens is 2. The fourth-order valence-corrected chi connectivity index (χ4v) is 4.71. The van der Waals surface area contributed by atoms with Crippen LogP contribution in [0.3, 0.4) is 0 Å². The van der Waals surface area contributed by atoms with E-state index in [4.69, 9.17) is 5.26 Å². The zero-order chi connectivity index (χ0) is 23.2. The molecule has 1 fully saturated rings. The lowest BCUT2D eigenvalue weighted by Gasteiger charge is -2.38. The van der Waals surface area contributed by atoms with E-state index in [1.165, 1.54) is 0 Å². The Kier molecular flexibility index (Phi) is 7.23. The number of hydrogen-bond acceptors (Lipinski definition) is 6. The Hall–Kier alpha value is -3.40. The smallest absolute Gasteiger partial charge is 0.283 e. The molecule has 0 spiro atoms. The molecular formula is C25H26N5O2Si. The van der Waals surface area contributed by atoms with Crippen LogP contribution in [0.1, 0.15) is 11.6 Å². The van der Waals surface area contributed by atoms with Gasteiger partial charge in [0.05, 0.1) is 25.3 Å². The predicted octanol–water partition coefficient (Wildman–Crippen LogP) is 1.58. The van der Waals surface area contributed by atoms with Crippen molar-refractivity contribution in [3.8, 4) is 29.0 Å². The molecule has 1 saturated heterocycles. The first-order valence-corrected chi connectivity index (χ1v) is 12.8. The third-order valence-corrected chi connectivity index (χ3v) is 6.64. The number of likely N-dealkylation sites (tertiary alicyclic amines) is 1. The van der Waals surface area contributed by atoms with Gasteiger partial charge >= 0.3 is 0 Å². The highest BCUT2D eigenvalue weighted by molar-refractivity contribution is 6.63. The fraction of sp³-hybridized carbons (Fsp3) is 0.280. The molecule has 33 heavy (non-hydrogen) atoms. The molecule has 1 aliphatic rings. The van der Waals surface area contributed by atoms with Crippen LogP contribution in [0, 0.1) is 23.2 Å². The fourth-order valence-electron chi connectivity index (χ4n) is 3.85. The van der Waals surface area contributed by atoms with Gasteiger partial charge < -0.3 is 19.8 Å². The Labute approximate surface area is 195 Å². The molecule has 0 saturated carbocycles. The number of hydrogen-bond donors (Lipinski definition) is 3. The highest BCUT2D eigenvalue weighted by Crippen LogP contribution is 2.23. The molecule has 3 aromatic rings. The van der Waals surface area contributed by atoms with E-state index in [1.807, 2.05) is 24.3 Å². The van der Waals surface area contributed by atoms with Crippen molar-refractivity contribution >= 4 is 20.2 Å². The average molecular weight is 457 g/mol. The average Bonchev–Trinajstić information content (AvgIpc) is 3.29. The quantitative estimate of drug-likeness (QED) is 0.284. The largest absolute Gasteiger partial charge is 0.425 e. The van der Waals surface area contributed by atoms with Gasteiger partial charge in [-0.25, -0.2) is 4.98 Å². The molecule has 0 amide bonds. The van der Waals surface area contributed by atoms with Gasteiger partial charge in [0, 0.05) is 36.7 Å². The van der Waals surface area contributed by atoms with Crippen molar-refractivity contribution in [1.82, 2.24) is 14.5 Å². The van der Waals surface area contributed by atoms with Crippen LogP contribution in [-0.4, -0.2) is 65.7 Å². The van der Waals surface area contributed by atoms with Crippen LogP contribution in [-0.2, 0) is 0 Å². The number of nitriles is 1. The van der Waals surface area contributed by atoms with Gasteiger partial charge in [0.2, 0.25) is 0 Å². The third kappa shape index (κ3) is 5.51. The number of nitrogens with zero attached hydrogens (tertiary/aromatic N) is 4. The second-order valence-electron chi connectivity index (χ2n) is 8.06. The van der Waals surface area contributed by atoms with Crippen molar-refractivity contribution in [1.29, 1.82) is 5.26 Å². The van der Waals surface area contributed by atoms with Crippen molar-refractivity contribution in [2.45, 2.75) is 18.6 Å². The number of rotatable bonds is 7. The van der Waals surface area contributed by atoms with Gasteiger partial charge in [-0.15, -0.1) is 0 Å². The van der Waals surface area contributed by atoms with E-state index in [-0.39, 0.29) is 6.61 Å². The molecule has 0 aliphatic carbocycles. The third-order valence-electron chi connectivity index (χ3n) is 5.61. The first-order valence-electron chi connectivity index (χ1n) is 10.8. The molecule has 1 radical (unpaired) electrons. The summed E-state index contributed by atoms with van der Waals surface area (Å²) in [5.74, 6) is 6.21. The van der Waals surface area contributed by atoms with Crippen LogP contribution < -0.4 is 10.8 Å². The lowest BCUT2D eigenvalue weighted by Crippen LogP contribution is -2.54. The minimum Gasteiger partial charge on any atom is -0.425 e. The summed E-state index contributed by atoms with van der Waals surface area (Å²) < 4.78 is 1.75. The van der Waals surface area contributed by atoms with E-state index in [9.17, 15) is 9.90 Å². The molecule has 2 heterocycles. The van der Waals surface area contributed by atoms with E-state index in [0.29, 0.717) is 18.0 Å². The van der Waals surface area contributed by atoms with Crippen molar-refractivity contribution in [2.24, 2.45) is 0 Å². The topological polar surface area (TPSA) is 97.3 Å². The summed E-state index contributed by atoms with van der Waals surface area (Å²) in [5, 5.41) is 22.0. The zero-order valence-corrected chi connectivity index (χ0v) is 19.4. The molecule has 1 aromatic heterocycles. The molecule has 167 valence electrons. The number of aliphatic hydroxyl groups is 1. The van der Waals surface area contributed by atoms with Crippen LogP contribution >= 0.6 is 0 Å². The van der Waals surface area contributed by atoms with Gasteiger partial charge in [0.15, 0.2) is 0 Å². The van der Waals surface area contributed by atoms with E-state index in [1.54, 1.807) is 23.5 Å². The molecule has 3 N–H and O–H groups in total. The molecule has 0 unspecified atom stereocenters. The predicted molar refractivity (Wildman–Crippen MR) is 130 cm³/mol. The molecule has 7 nitrogen and oxygen atoms in total. The van der Waals surface area contributed by atoms with Gasteiger partial charge in [-0.3, -0.25) is 4.90 Å². The maximum atomic E-state index is 9.94. The number of aliphatic hydroxyl groups excluding tert-OH is 1. The van der Waals surface area contributed by atoms with Crippen LogP contribution in [0.2, 0.25) is 6.55 Å². The van der Waals surface area contributed by atoms with E-state index < -0.39 is 15.1 Å². The lowest BCUT2D eigenvalue weighted by atomic mass is 10.0. The van der Waals surface area contributed by atoms with Gasteiger partial charge in [-0.1, -0.05) is 36.1 Å². The maximum absolute atomic E-state index is 9.94. The Morgan fingerprint density at radius 1 is 1.15 bits per heavy atom. The van der Waals surface area contributed by atoms with E-state index >= 15 is 0 Å². The summed E-state index contributed by atoms with van der Waals surface area (Å²) in [6.45, 7) is 3.88. The SMILES string of the molecule is C[Si](O)c1nccn1[C@@H](C#Cc1ccc(-c2ccc(NC3CN(CC#N)C3)cc2)cc1)CO. The van der Waals surface area contributed by atoms with Crippen molar-refractivity contribution in [3.05, 3.63) is 66.5 Å². The Bertz CT molecular complexity index is 1170. The highest BCUT2D eigenvalue weighted by Gasteiger charge is 2.25. The van der Waals surface area contributed by atoms with E-state index in [0.717, 1.165) is 35.5 Å². The summed E-state index contributed by atoms with van der Waals surface area (Å²) >= 11 is 0. The minimum absolute atomic E-state index is 0.152. The van der Waals surface area contributed by atoms with Crippen LogP contribution in [0.4, 0.5) is 5.69 Å². The van der Waals surface area contributed by atoms with Crippen LogP contribution in [0.15, 0.2) is 60.9 Å². The number of imidazole rings is 1. The molecule has 0 bridgehead atoms. The summed E-state index contributed by atoms with van der Waals surface area (Å²) in [7, 11) is -1.73. The second kappa shape index (κ2) is 10.5. The molecule has 4 rings (SSSR count). The summed E-state index contributed by atoms with van der Waals surface area (Å²) in [6, 6.07) is 18.5. The number of benzene rings is 2. The van der Waals surface area contributed by atoms with Gasteiger partial charge in [0.1, 0.15) is 11.5 Å². The monoisotopic (exact) mass is 456 g/mol. The number of anilines is 1. The van der Waals surface area contributed by atoms with Crippen LogP contribution in [0.5, 0.6) is 0 Å². The first-order chi connectivity index (χ1) is 16.1. The normalized spacial score (nSPS) is 14.8. The Morgan fingerprint density at radius 3 is 2.42 bits per heavy atom. The van der Waals surface area contributed by atoms with Crippen molar-refractivity contribution in [3.63, 3.8) is 0 Å². The Balaban J connectivity index is 1.39. The summed E-state index contributed by atoms with van der Waals surface area (Å²) in [6.07, 6.45) is 3.36. The minimum atomic E-state index is -1.73. The molecule has 8 heteroatoms. The van der Waals surface area contributed by atoms with E-state index in [2.05, 4.69) is 57.4 Å². The standard InChI is InChI=1S/C25H26N5O2Si/c1-33(32)25-27-13-15-30(25)24(18-31)11-4-19-2-5-20(6-3-19)21-7-9-22(10-8-21)28-23-16-29(17-23)14-12-26/h2-3,5-10,13,15,23-24,28,31-32H,14,16-18H2,1H3/t24-/m0/s1. The zero-order valence-electron chi connectivity index (χ0n) is 18.4.